The predicted molar refractivity (Wildman–Crippen MR) is 66.3 cm³/mol. The molecule has 17 heavy (non-hydrogen) atoms. The molecule has 0 aliphatic heterocycles. The van der Waals surface area contributed by atoms with E-state index in [1.165, 1.54) is 11.8 Å². The molecule has 0 atom stereocenters. The average Bonchev–Trinajstić information content (AvgIpc) is 2.73. The van der Waals surface area contributed by atoms with E-state index in [0.717, 1.165) is 16.9 Å². The van der Waals surface area contributed by atoms with Gasteiger partial charge in [0.15, 0.2) is 0 Å². The largest absolute Gasteiger partial charge is 0.368 e. The SMILES string of the molecule is Cc1cc(C#N)ccc1CSc1n[nH]c(N)n1. The van der Waals surface area contributed by atoms with Crippen LogP contribution in [0.15, 0.2) is 23.4 Å². The van der Waals surface area contributed by atoms with Gasteiger partial charge in [-0.3, -0.25) is 0 Å². The average molecular weight is 245 g/mol. The molecule has 0 bridgehead atoms. The first-order chi connectivity index (χ1) is 8.19. The number of aryl methyl sites for hydroxylation is 1. The molecule has 6 heteroatoms. The Labute approximate surface area is 103 Å². The summed E-state index contributed by atoms with van der Waals surface area (Å²) in [5, 5.41) is 15.9. The maximum atomic E-state index is 8.77. The number of nitriles is 1. The molecule has 1 aromatic heterocycles. The van der Waals surface area contributed by atoms with Gasteiger partial charge < -0.3 is 5.73 Å². The molecule has 86 valence electrons. The third-order valence-electron chi connectivity index (χ3n) is 2.31. The highest BCUT2D eigenvalue weighted by Gasteiger charge is 2.04. The molecule has 0 aliphatic carbocycles. The smallest absolute Gasteiger partial charge is 0.216 e. The van der Waals surface area contributed by atoms with Crippen molar-refractivity contribution in [1.82, 2.24) is 15.2 Å². The van der Waals surface area contributed by atoms with Crippen LogP contribution in [0.2, 0.25) is 0 Å². The molecule has 0 spiro atoms. The molecule has 3 N–H and O–H groups in total. The maximum Gasteiger partial charge on any atom is 0.216 e. The van der Waals surface area contributed by atoms with Crippen LogP contribution in [-0.4, -0.2) is 15.2 Å². The molecule has 0 saturated carbocycles. The van der Waals surface area contributed by atoms with Crippen molar-refractivity contribution < 1.29 is 0 Å². The van der Waals surface area contributed by atoms with Crippen LogP contribution in [0.5, 0.6) is 0 Å². The Morgan fingerprint density at radius 2 is 2.35 bits per heavy atom. The quantitative estimate of drug-likeness (QED) is 0.805. The van der Waals surface area contributed by atoms with E-state index in [1.54, 1.807) is 0 Å². The van der Waals surface area contributed by atoms with E-state index in [4.69, 9.17) is 11.0 Å². The molecule has 0 radical (unpaired) electrons. The lowest BCUT2D eigenvalue weighted by atomic mass is 10.1. The third kappa shape index (κ3) is 2.77. The molecule has 0 unspecified atom stereocenters. The zero-order chi connectivity index (χ0) is 12.3. The van der Waals surface area contributed by atoms with Gasteiger partial charge in [0, 0.05) is 5.75 Å². The normalized spacial score (nSPS) is 10.1. The van der Waals surface area contributed by atoms with Gasteiger partial charge >= 0.3 is 0 Å². The number of rotatable bonds is 3. The summed E-state index contributed by atoms with van der Waals surface area (Å²) in [5.74, 6) is 1.08. The Bertz CT molecular complexity index is 569. The lowest BCUT2D eigenvalue weighted by Gasteiger charge is -2.03. The zero-order valence-corrected chi connectivity index (χ0v) is 10.1. The van der Waals surface area contributed by atoms with Crippen LogP contribution >= 0.6 is 11.8 Å². The Morgan fingerprint density at radius 3 is 2.94 bits per heavy atom. The van der Waals surface area contributed by atoms with Gasteiger partial charge in [0.25, 0.3) is 0 Å². The molecule has 5 nitrogen and oxygen atoms in total. The highest BCUT2D eigenvalue weighted by molar-refractivity contribution is 7.98. The van der Waals surface area contributed by atoms with Gasteiger partial charge in [0.2, 0.25) is 11.1 Å². The number of thioether (sulfide) groups is 1. The summed E-state index contributed by atoms with van der Waals surface area (Å²) < 4.78 is 0. The van der Waals surface area contributed by atoms with Gasteiger partial charge in [-0.05, 0) is 30.2 Å². The van der Waals surface area contributed by atoms with Crippen molar-refractivity contribution in [2.45, 2.75) is 17.8 Å². The summed E-state index contributed by atoms with van der Waals surface area (Å²) in [7, 11) is 0. The minimum Gasteiger partial charge on any atom is -0.368 e. The first-order valence-electron chi connectivity index (χ1n) is 4.99. The van der Waals surface area contributed by atoms with E-state index >= 15 is 0 Å². The van der Waals surface area contributed by atoms with Crippen LogP contribution in [0, 0.1) is 18.3 Å². The van der Waals surface area contributed by atoms with Gasteiger partial charge in [-0.25, -0.2) is 5.10 Å². The van der Waals surface area contributed by atoms with Crippen LogP contribution in [0.4, 0.5) is 5.95 Å². The standard InChI is InChI=1S/C11H11N5S/c1-7-4-8(5-12)2-3-9(7)6-17-11-14-10(13)15-16-11/h2-4H,6H2,1H3,(H3,13,14,15,16). The topological polar surface area (TPSA) is 91.4 Å². The number of benzene rings is 1. The van der Waals surface area contributed by atoms with E-state index in [9.17, 15) is 0 Å². The summed E-state index contributed by atoms with van der Waals surface area (Å²) >= 11 is 1.51. The van der Waals surface area contributed by atoms with Gasteiger partial charge in [0.05, 0.1) is 11.6 Å². The second-order valence-corrected chi connectivity index (χ2v) is 4.49. The summed E-state index contributed by atoms with van der Waals surface area (Å²) in [5.41, 5.74) is 8.38. The number of aromatic amines is 1. The molecule has 0 fully saturated rings. The first-order valence-corrected chi connectivity index (χ1v) is 5.98. The highest BCUT2D eigenvalue weighted by Crippen LogP contribution is 2.22. The number of nitrogens with zero attached hydrogens (tertiary/aromatic N) is 3. The minimum absolute atomic E-state index is 0.323. The number of hydrogen-bond donors (Lipinski definition) is 2. The van der Waals surface area contributed by atoms with E-state index < -0.39 is 0 Å². The van der Waals surface area contributed by atoms with Crippen molar-refractivity contribution in [3.63, 3.8) is 0 Å². The summed E-state index contributed by atoms with van der Waals surface area (Å²) in [6.45, 7) is 1.99. The molecular formula is C11H11N5S. The van der Waals surface area contributed by atoms with Gasteiger partial charge in [-0.2, -0.15) is 10.2 Å². The maximum absolute atomic E-state index is 8.77. The molecule has 0 aliphatic rings. The minimum atomic E-state index is 0.323. The fourth-order valence-corrected chi connectivity index (χ4v) is 2.27. The van der Waals surface area contributed by atoms with E-state index in [-0.39, 0.29) is 0 Å². The van der Waals surface area contributed by atoms with Crippen LogP contribution < -0.4 is 5.73 Å². The Hall–Kier alpha value is -2.00. The molecule has 1 heterocycles. The van der Waals surface area contributed by atoms with Crippen molar-refractivity contribution in [2.75, 3.05) is 5.73 Å². The fourth-order valence-electron chi connectivity index (χ4n) is 1.39. The number of H-pyrrole nitrogens is 1. The monoisotopic (exact) mass is 245 g/mol. The highest BCUT2D eigenvalue weighted by atomic mass is 32.2. The Kier molecular flexibility index (Phi) is 3.30. The van der Waals surface area contributed by atoms with E-state index in [0.29, 0.717) is 16.7 Å². The number of nitrogen functional groups attached to an aromatic ring is 1. The summed E-state index contributed by atoms with van der Waals surface area (Å²) in [4.78, 5) is 4.01. The second kappa shape index (κ2) is 4.89. The van der Waals surface area contributed by atoms with Crippen molar-refractivity contribution in [3.05, 3.63) is 34.9 Å². The van der Waals surface area contributed by atoms with E-state index in [1.807, 2.05) is 25.1 Å². The van der Waals surface area contributed by atoms with Crippen molar-refractivity contribution >= 4 is 17.7 Å². The van der Waals surface area contributed by atoms with Crippen LogP contribution in [-0.2, 0) is 5.75 Å². The molecule has 2 rings (SSSR count). The number of aromatic nitrogens is 3. The molecule has 0 saturated heterocycles. The van der Waals surface area contributed by atoms with Crippen LogP contribution in [0.3, 0.4) is 0 Å². The van der Waals surface area contributed by atoms with Crippen LogP contribution in [0.25, 0.3) is 0 Å². The summed E-state index contributed by atoms with van der Waals surface area (Å²) in [6.07, 6.45) is 0. The van der Waals surface area contributed by atoms with Gasteiger partial charge in [0.1, 0.15) is 0 Å². The van der Waals surface area contributed by atoms with Gasteiger partial charge in [-0.1, -0.05) is 17.8 Å². The Morgan fingerprint density at radius 1 is 1.53 bits per heavy atom. The first kappa shape index (κ1) is 11.5. The molecule has 1 aromatic carbocycles. The summed E-state index contributed by atoms with van der Waals surface area (Å²) in [6, 6.07) is 7.77. The number of anilines is 1. The molecule has 2 aromatic rings. The Balaban J connectivity index is 2.07. The molecule has 0 amide bonds. The number of nitrogens with one attached hydrogen (secondary N) is 1. The van der Waals surface area contributed by atoms with Crippen molar-refractivity contribution in [3.8, 4) is 6.07 Å². The lowest BCUT2D eigenvalue weighted by Crippen LogP contribution is -1.89. The van der Waals surface area contributed by atoms with Gasteiger partial charge in [-0.15, -0.1) is 5.10 Å². The van der Waals surface area contributed by atoms with E-state index in [2.05, 4.69) is 21.3 Å². The third-order valence-corrected chi connectivity index (χ3v) is 3.21. The predicted octanol–water partition coefficient (Wildman–Crippen LogP) is 1.86. The fraction of sp³-hybridized carbons (Fsp3) is 0.182. The second-order valence-electron chi connectivity index (χ2n) is 3.54. The number of nitrogens with two attached hydrogens (primary N) is 1. The van der Waals surface area contributed by atoms with Crippen molar-refractivity contribution in [1.29, 1.82) is 5.26 Å². The zero-order valence-electron chi connectivity index (χ0n) is 9.27. The molecular weight excluding hydrogens is 234 g/mol. The lowest BCUT2D eigenvalue weighted by molar-refractivity contribution is 0.973. The number of hydrogen-bond acceptors (Lipinski definition) is 5. The van der Waals surface area contributed by atoms with Crippen LogP contribution in [0.1, 0.15) is 16.7 Å². The van der Waals surface area contributed by atoms with Crippen molar-refractivity contribution in [2.24, 2.45) is 0 Å².